The SMILES string of the molecule is CC(=O)OCC(=O)[C@@]1(C)[C@H](C2CCC2)CC2C3CCC4=CC(=O)C=C[C@]4(C)C3=CC[C@@]21C.CC(=O)OCC(=O)[C@H]1[C@H](C(F)(F)C(F)(F)F)CC2C3CCC4=CC(=O)C=C[C@]4(C)C3=CC[C@@]21C.CC(F)(F)[C@@H]1CC2C3CCC4=CC(=O)CC[C@]4(C)C3=CC[C@]2(C)[C@@]1(C)C(=O)CO. The van der Waals surface area contributed by atoms with E-state index in [2.05, 4.69) is 45.9 Å². The van der Waals surface area contributed by atoms with Gasteiger partial charge < -0.3 is 14.6 Å². The van der Waals surface area contributed by atoms with Crippen LogP contribution in [0.15, 0.2) is 94.2 Å². The number of fused-ring (bicyclic) bond motifs is 15. The van der Waals surface area contributed by atoms with Crippen molar-refractivity contribution in [1.29, 1.82) is 0 Å². The number of aliphatic hydroxyl groups excluding tert-OH is 1. The zero-order valence-electron chi connectivity index (χ0n) is 56.9. The van der Waals surface area contributed by atoms with Crippen LogP contribution in [0, 0.1) is 108 Å². The maximum Gasteiger partial charge on any atom is 0.453 e. The van der Waals surface area contributed by atoms with Gasteiger partial charge in [-0.2, -0.15) is 22.0 Å². The average Bonchev–Trinajstić information content (AvgIpc) is 1.58. The lowest BCUT2D eigenvalue weighted by Gasteiger charge is -2.55. The highest BCUT2D eigenvalue weighted by Crippen LogP contribution is 2.75. The van der Waals surface area contributed by atoms with Crippen molar-refractivity contribution in [2.75, 3.05) is 19.8 Å². The molecule has 0 bridgehead atoms. The molecular formula is C77H95F7O11. The van der Waals surface area contributed by atoms with Crippen molar-refractivity contribution in [3.63, 3.8) is 0 Å². The minimum absolute atomic E-state index is 0.0187. The van der Waals surface area contributed by atoms with Gasteiger partial charge in [0.25, 0.3) is 0 Å². The number of hydrogen-bond donors (Lipinski definition) is 1. The molecule has 0 spiro atoms. The van der Waals surface area contributed by atoms with E-state index in [1.807, 2.05) is 32.1 Å². The first-order chi connectivity index (χ1) is 44.1. The van der Waals surface area contributed by atoms with Gasteiger partial charge in [0.1, 0.15) is 13.2 Å². The molecule has 0 aromatic heterocycles. The molecule has 1 N–H and O–H groups in total. The topological polar surface area (TPSA) is 175 Å². The summed E-state index contributed by atoms with van der Waals surface area (Å²) in [7, 11) is 0. The van der Waals surface area contributed by atoms with Gasteiger partial charge in [-0.05, 0) is 198 Å². The molecule has 13 aliphatic rings. The van der Waals surface area contributed by atoms with Gasteiger partial charge >= 0.3 is 24.0 Å². The Bertz CT molecular complexity index is 3530. The Morgan fingerprint density at radius 3 is 1.58 bits per heavy atom. The van der Waals surface area contributed by atoms with Crippen LogP contribution < -0.4 is 0 Å². The Kier molecular flexibility index (Phi) is 17.9. The first-order valence-electron chi connectivity index (χ1n) is 34.7. The third-order valence-corrected chi connectivity index (χ3v) is 28.5. The quantitative estimate of drug-likeness (QED) is 0.118. The molecule has 6 unspecified atom stereocenters. The van der Waals surface area contributed by atoms with Gasteiger partial charge in [0, 0.05) is 65.1 Å². The van der Waals surface area contributed by atoms with Gasteiger partial charge in [-0.1, -0.05) is 125 Å². The van der Waals surface area contributed by atoms with Crippen LogP contribution in [0.5, 0.6) is 0 Å². The third-order valence-electron chi connectivity index (χ3n) is 28.5. The summed E-state index contributed by atoms with van der Waals surface area (Å²) < 4.78 is 109. The second-order valence-corrected chi connectivity index (χ2v) is 32.5. The molecule has 0 aromatic carbocycles. The standard InChI is InChI=1S/C28H36O4.C25H27F5O4.C24H32F2O3/c1-17(29)32-16-25(31)28(4)23(18-6-5-7-18)15-24-21-9-8-19-14-20(30)10-12-26(19,2)22(21)11-13-27(24,28)3;1-13(31)34-12-20(33)21-19(24(26,27)25(28,29)30)11-18-16-5-4-14-10-15(32)6-8-22(14,2)17(16)7-9-23(18,21)3;1-21-9-7-15(28)11-14(21)5-6-16-17(21)8-10-22(2)18(16)12-19(24(4,25)26)23(22,3)20(29)13-27/h10-12,14,18,21,23-24H,5-9,13,15-16H2,1-4H3;6-8,10,16,18-19,21H,4-5,9,11-12H2,1-3H3;8,11,16,18-19,27H,5-7,9-10,12-13H2,1-4H3/t21?,23-,24?,26-,27-,28+;16?,18?,19-,21-,22+,23+;16?,18?,19-,21+,22+,23-/m011/s1. The number of ether oxygens (including phenoxy) is 2. The van der Waals surface area contributed by atoms with Crippen molar-refractivity contribution >= 4 is 46.6 Å². The minimum Gasteiger partial charge on any atom is -0.458 e. The maximum atomic E-state index is 14.8. The lowest BCUT2D eigenvalue weighted by molar-refractivity contribution is -0.306. The Labute approximate surface area is 553 Å². The number of ketones is 6. The molecule has 0 radical (unpaired) electrons. The summed E-state index contributed by atoms with van der Waals surface area (Å²) in [5, 5.41) is 9.65. The zero-order chi connectivity index (χ0) is 69.6. The van der Waals surface area contributed by atoms with E-state index in [1.165, 1.54) is 54.6 Å². The van der Waals surface area contributed by atoms with Crippen molar-refractivity contribution < 1.29 is 83.7 Å². The molecule has 0 saturated heterocycles. The summed E-state index contributed by atoms with van der Waals surface area (Å²) in [6.45, 7) is 17.9. The summed E-state index contributed by atoms with van der Waals surface area (Å²) in [6, 6.07) is 0. The summed E-state index contributed by atoms with van der Waals surface area (Å²) in [4.78, 5) is 98.2. The van der Waals surface area contributed by atoms with Gasteiger partial charge in [-0.3, -0.25) is 38.4 Å². The number of esters is 2. The van der Waals surface area contributed by atoms with Gasteiger partial charge in [0.05, 0.1) is 0 Å². The van der Waals surface area contributed by atoms with E-state index in [-0.39, 0.29) is 76.1 Å². The van der Waals surface area contributed by atoms with Crippen molar-refractivity contribution in [3.05, 3.63) is 94.2 Å². The van der Waals surface area contributed by atoms with Crippen LogP contribution in [0.3, 0.4) is 0 Å². The van der Waals surface area contributed by atoms with Crippen molar-refractivity contribution in [3.8, 4) is 0 Å². The summed E-state index contributed by atoms with van der Waals surface area (Å²) in [5.41, 5.74) is 2.47. The molecule has 7 saturated carbocycles. The van der Waals surface area contributed by atoms with Crippen molar-refractivity contribution in [2.45, 2.75) is 203 Å². The lowest BCUT2D eigenvalue weighted by Crippen LogP contribution is -2.53. The van der Waals surface area contributed by atoms with Crippen molar-refractivity contribution in [1.82, 2.24) is 0 Å². The van der Waals surface area contributed by atoms with Gasteiger partial charge in [-0.15, -0.1) is 0 Å². The molecule has 0 aromatic rings. The van der Waals surface area contributed by atoms with Gasteiger partial charge in [-0.25, -0.2) is 8.78 Å². The molecule has 518 valence electrons. The van der Waals surface area contributed by atoms with Crippen LogP contribution in [-0.2, 0) is 47.8 Å². The Morgan fingerprint density at radius 1 is 0.568 bits per heavy atom. The molecule has 0 amide bonds. The normalized spacial score (nSPS) is 41.3. The lowest BCUT2D eigenvalue weighted by atomic mass is 9.48. The van der Waals surface area contributed by atoms with Crippen LogP contribution in [0.2, 0.25) is 0 Å². The molecule has 7 fully saturated rings. The monoisotopic (exact) mass is 1330 g/mol. The molecule has 0 heterocycles. The van der Waals surface area contributed by atoms with Crippen LogP contribution in [0.25, 0.3) is 0 Å². The largest absolute Gasteiger partial charge is 0.458 e. The summed E-state index contributed by atoms with van der Waals surface area (Å²) in [6.07, 6.45) is 25.2. The fraction of sp³-hybridized carbons (Fsp3) is 0.688. The second kappa shape index (κ2) is 24.1. The summed E-state index contributed by atoms with van der Waals surface area (Å²) in [5.74, 6) is -14.2. The number of Topliss-reactive ketones (excluding diaryl/α,β-unsaturated/α-hetero) is 3. The molecule has 13 aliphatic carbocycles. The number of carbonyl (C=O) groups excluding carboxylic acids is 8. The molecule has 18 heteroatoms. The fourth-order valence-corrected chi connectivity index (χ4v) is 22.7. The first kappa shape index (κ1) is 70.7. The number of allylic oxidation sites excluding steroid dienone is 16. The predicted molar refractivity (Wildman–Crippen MR) is 341 cm³/mol. The fourth-order valence-electron chi connectivity index (χ4n) is 22.7. The predicted octanol–water partition coefficient (Wildman–Crippen LogP) is 15.7. The van der Waals surface area contributed by atoms with Crippen LogP contribution >= 0.6 is 0 Å². The highest BCUT2D eigenvalue weighted by Gasteiger charge is 2.74. The number of alkyl halides is 7. The first-order valence-corrected chi connectivity index (χ1v) is 34.7. The molecule has 11 nitrogen and oxygen atoms in total. The van der Waals surface area contributed by atoms with E-state index in [0.29, 0.717) is 55.8 Å². The van der Waals surface area contributed by atoms with Gasteiger partial charge in [0.2, 0.25) is 5.92 Å². The van der Waals surface area contributed by atoms with E-state index in [0.717, 1.165) is 69.9 Å². The van der Waals surface area contributed by atoms with Crippen molar-refractivity contribution in [2.24, 2.45) is 108 Å². The molecular weight excluding hydrogens is 1230 g/mol. The molecule has 95 heavy (non-hydrogen) atoms. The van der Waals surface area contributed by atoms with Gasteiger partial charge in [0.15, 0.2) is 41.3 Å². The average molecular weight is 1330 g/mol. The number of rotatable bonds is 11. The van der Waals surface area contributed by atoms with E-state index < -0.39 is 106 Å². The van der Waals surface area contributed by atoms with E-state index in [9.17, 15) is 74.2 Å². The number of aliphatic hydroxyl groups is 1. The van der Waals surface area contributed by atoms with E-state index in [4.69, 9.17) is 9.47 Å². The smallest absolute Gasteiger partial charge is 0.453 e. The molecule has 18 atom stereocenters. The highest BCUT2D eigenvalue weighted by molar-refractivity contribution is 6.02. The Balaban J connectivity index is 0.000000145. The van der Waals surface area contributed by atoms with E-state index in [1.54, 1.807) is 32.1 Å². The Morgan fingerprint density at radius 2 is 1.06 bits per heavy atom. The van der Waals surface area contributed by atoms with E-state index >= 15 is 0 Å². The molecule has 0 aliphatic heterocycles. The number of hydrogen-bond acceptors (Lipinski definition) is 11. The van der Waals surface area contributed by atoms with Crippen LogP contribution in [0.4, 0.5) is 30.7 Å². The summed E-state index contributed by atoms with van der Waals surface area (Å²) >= 11 is 0. The number of carbonyl (C=O) groups is 8. The maximum absolute atomic E-state index is 14.8. The third kappa shape index (κ3) is 10.9. The Hall–Kier alpha value is -5.65. The zero-order valence-corrected chi connectivity index (χ0v) is 56.9. The molecule has 13 rings (SSSR count). The minimum atomic E-state index is -5.81. The second-order valence-electron chi connectivity index (χ2n) is 32.5. The van der Waals surface area contributed by atoms with Crippen LogP contribution in [-0.4, -0.2) is 89.6 Å². The number of halogens is 7. The highest BCUT2D eigenvalue weighted by atomic mass is 19.4. The van der Waals surface area contributed by atoms with Crippen LogP contribution in [0.1, 0.15) is 185 Å².